The van der Waals surface area contributed by atoms with Gasteiger partial charge >= 0.3 is 0 Å². The Bertz CT molecular complexity index is 630. The molecule has 1 aromatic heterocycles. The molecule has 2 aromatic rings. The van der Waals surface area contributed by atoms with Crippen molar-refractivity contribution < 1.29 is 14.1 Å². The van der Waals surface area contributed by atoms with Gasteiger partial charge in [0, 0.05) is 12.6 Å². The molecule has 0 aliphatic rings. The van der Waals surface area contributed by atoms with Crippen molar-refractivity contribution >= 4 is 5.91 Å². The van der Waals surface area contributed by atoms with Crippen LogP contribution >= 0.6 is 0 Å². The number of amides is 1. The predicted octanol–water partition coefficient (Wildman–Crippen LogP) is 2.68. The molecule has 0 saturated carbocycles. The number of rotatable bonds is 6. The molecular formula is C17H22N2O3. The number of aryl methyl sites for hydroxylation is 3. The molecule has 0 aliphatic heterocycles. The van der Waals surface area contributed by atoms with Crippen LogP contribution in [0.1, 0.15) is 22.6 Å². The van der Waals surface area contributed by atoms with Gasteiger partial charge in [0.1, 0.15) is 18.1 Å². The fourth-order valence-corrected chi connectivity index (χ4v) is 2.18. The van der Waals surface area contributed by atoms with E-state index in [1.165, 1.54) is 0 Å². The highest BCUT2D eigenvalue weighted by Gasteiger charge is 2.16. The molecule has 0 aliphatic carbocycles. The van der Waals surface area contributed by atoms with Crippen LogP contribution < -0.4 is 4.74 Å². The number of benzene rings is 1. The first-order chi connectivity index (χ1) is 10.5. The van der Waals surface area contributed by atoms with Gasteiger partial charge in [-0.2, -0.15) is 0 Å². The Morgan fingerprint density at radius 1 is 1.27 bits per heavy atom. The largest absolute Gasteiger partial charge is 0.491 e. The molecule has 0 saturated heterocycles. The highest BCUT2D eigenvalue weighted by Crippen LogP contribution is 2.16. The molecule has 5 heteroatoms. The SMILES string of the molecule is Cc1ccccc1OCCN(C)C(=O)Cc1c(C)noc1C. The number of nitrogens with zero attached hydrogens (tertiary/aromatic N) is 2. The summed E-state index contributed by atoms with van der Waals surface area (Å²) in [4.78, 5) is 13.9. The molecule has 22 heavy (non-hydrogen) atoms. The molecule has 1 aromatic carbocycles. The van der Waals surface area contributed by atoms with Crippen LogP contribution in [-0.2, 0) is 11.2 Å². The first-order valence-electron chi connectivity index (χ1n) is 7.33. The van der Waals surface area contributed by atoms with E-state index >= 15 is 0 Å². The Morgan fingerprint density at radius 3 is 2.64 bits per heavy atom. The van der Waals surface area contributed by atoms with Gasteiger partial charge in [-0.15, -0.1) is 0 Å². The van der Waals surface area contributed by atoms with Gasteiger partial charge in [0.15, 0.2) is 0 Å². The summed E-state index contributed by atoms with van der Waals surface area (Å²) in [6, 6.07) is 7.85. The normalized spacial score (nSPS) is 10.5. The lowest BCUT2D eigenvalue weighted by Crippen LogP contribution is -2.32. The number of ether oxygens (including phenoxy) is 1. The molecule has 1 amide bonds. The number of carbonyl (C=O) groups is 1. The molecule has 0 radical (unpaired) electrons. The van der Waals surface area contributed by atoms with Crippen molar-refractivity contribution in [2.75, 3.05) is 20.2 Å². The maximum absolute atomic E-state index is 12.2. The molecule has 5 nitrogen and oxygen atoms in total. The van der Waals surface area contributed by atoms with Gasteiger partial charge in [0.2, 0.25) is 5.91 Å². The average molecular weight is 302 g/mol. The second kappa shape index (κ2) is 7.11. The van der Waals surface area contributed by atoms with Crippen LogP contribution in [0.4, 0.5) is 0 Å². The van der Waals surface area contributed by atoms with Crippen LogP contribution in [0.5, 0.6) is 5.75 Å². The van der Waals surface area contributed by atoms with E-state index in [1.807, 2.05) is 45.0 Å². The molecule has 2 rings (SSSR count). The molecule has 0 unspecified atom stereocenters. The van der Waals surface area contributed by atoms with Crippen LogP contribution in [0.15, 0.2) is 28.8 Å². The third-order valence-corrected chi connectivity index (χ3v) is 3.71. The zero-order valence-electron chi connectivity index (χ0n) is 13.5. The molecule has 0 N–H and O–H groups in total. The zero-order valence-corrected chi connectivity index (χ0v) is 13.5. The average Bonchev–Trinajstić information content (AvgIpc) is 2.81. The van der Waals surface area contributed by atoms with Crippen molar-refractivity contribution in [3.8, 4) is 5.75 Å². The Kier molecular flexibility index (Phi) is 5.20. The predicted molar refractivity (Wildman–Crippen MR) is 84.0 cm³/mol. The van der Waals surface area contributed by atoms with E-state index in [-0.39, 0.29) is 5.91 Å². The lowest BCUT2D eigenvalue weighted by molar-refractivity contribution is -0.129. The monoisotopic (exact) mass is 302 g/mol. The van der Waals surface area contributed by atoms with E-state index in [9.17, 15) is 4.79 Å². The Morgan fingerprint density at radius 2 is 2.00 bits per heavy atom. The number of hydrogen-bond donors (Lipinski definition) is 0. The third-order valence-electron chi connectivity index (χ3n) is 3.71. The van der Waals surface area contributed by atoms with E-state index in [1.54, 1.807) is 11.9 Å². The molecule has 0 atom stereocenters. The first-order valence-corrected chi connectivity index (χ1v) is 7.33. The molecule has 0 spiro atoms. The highest BCUT2D eigenvalue weighted by molar-refractivity contribution is 5.78. The number of likely N-dealkylation sites (N-methyl/N-ethyl adjacent to an activating group) is 1. The van der Waals surface area contributed by atoms with E-state index < -0.39 is 0 Å². The highest BCUT2D eigenvalue weighted by atomic mass is 16.5. The quantitative estimate of drug-likeness (QED) is 0.823. The lowest BCUT2D eigenvalue weighted by atomic mass is 10.1. The van der Waals surface area contributed by atoms with Crippen LogP contribution in [0.3, 0.4) is 0 Å². The summed E-state index contributed by atoms with van der Waals surface area (Å²) < 4.78 is 10.8. The van der Waals surface area contributed by atoms with Gasteiger partial charge < -0.3 is 14.2 Å². The van der Waals surface area contributed by atoms with Crippen molar-refractivity contribution in [1.82, 2.24) is 10.1 Å². The number of aromatic nitrogens is 1. The minimum Gasteiger partial charge on any atom is -0.491 e. The maximum Gasteiger partial charge on any atom is 0.227 e. The third kappa shape index (κ3) is 3.87. The topological polar surface area (TPSA) is 55.6 Å². The lowest BCUT2D eigenvalue weighted by Gasteiger charge is -2.18. The summed E-state index contributed by atoms with van der Waals surface area (Å²) in [6.07, 6.45) is 0.308. The summed E-state index contributed by atoms with van der Waals surface area (Å²) in [5, 5.41) is 3.87. The van der Waals surface area contributed by atoms with Crippen molar-refractivity contribution in [2.24, 2.45) is 0 Å². The van der Waals surface area contributed by atoms with Crippen molar-refractivity contribution in [3.63, 3.8) is 0 Å². The van der Waals surface area contributed by atoms with E-state index in [4.69, 9.17) is 9.26 Å². The van der Waals surface area contributed by atoms with Crippen LogP contribution in [0.2, 0.25) is 0 Å². The van der Waals surface area contributed by atoms with Crippen molar-refractivity contribution in [1.29, 1.82) is 0 Å². The Balaban J connectivity index is 1.83. The van der Waals surface area contributed by atoms with Crippen LogP contribution in [0.25, 0.3) is 0 Å². The number of para-hydroxylation sites is 1. The van der Waals surface area contributed by atoms with Gasteiger partial charge in [0.05, 0.1) is 18.7 Å². The Labute approximate surface area is 130 Å². The Hall–Kier alpha value is -2.30. The zero-order chi connectivity index (χ0) is 16.1. The van der Waals surface area contributed by atoms with Crippen molar-refractivity contribution in [3.05, 3.63) is 46.8 Å². The molecule has 1 heterocycles. The smallest absolute Gasteiger partial charge is 0.227 e. The van der Waals surface area contributed by atoms with Gasteiger partial charge in [-0.3, -0.25) is 4.79 Å². The summed E-state index contributed by atoms with van der Waals surface area (Å²) >= 11 is 0. The molecule has 118 valence electrons. The van der Waals surface area contributed by atoms with Gasteiger partial charge in [-0.25, -0.2) is 0 Å². The van der Waals surface area contributed by atoms with Gasteiger partial charge in [-0.05, 0) is 32.4 Å². The second-order valence-corrected chi connectivity index (χ2v) is 5.41. The van der Waals surface area contributed by atoms with Gasteiger partial charge in [-0.1, -0.05) is 23.4 Å². The van der Waals surface area contributed by atoms with Crippen LogP contribution in [-0.4, -0.2) is 36.2 Å². The summed E-state index contributed by atoms with van der Waals surface area (Å²) in [7, 11) is 1.78. The summed E-state index contributed by atoms with van der Waals surface area (Å²) in [5.41, 5.74) is 2.74. The van der Waals surface area contributed by atoms with E-state index in [0.717, 1.165) is 22.6 Å². The second-order valence-electron chi connectivity index (χ2n) is 5.41. The molecular weight excluding hydrogens is 280 g/mol. The summed E-state index contributed by atoms with van der Waals surface area (Å²) in [6.45, 7) is 6.68. The van der Waals surface area contributed by atoms with Gasteiger partial charge in [0.25, 0.3) is 0 Å². The fraction of sp³-hybridized carbons (Fsp3) is 0.412. The fourth-order valence-electron chi connectivity index (χ4n) is 2.18. The van der Waals surface area contributed by atoms with Crippen molar-refractivity contribution in [2.45, 2.75) is 27.2 Å². The number of hydrogen-bond acceptors (Lipinski definition) is 4. The standard InChI is InChI=1S/C17H22N2O3/c1-12-7-5-6-8-16(12)21-10-9-19(4)17(20)11-15-13(2)18-22-14(15)3/h5-8H,9-11H2,1-4H3. The first kappa shape index (κ1) is 16.1. The summed E-state index contributed by atoms with van der Waals surface area (Å²) in [5.74, 6) is 1.59. The minimum atomic E-state index is 0.0304. The van der Waals surface area contributed by atoms with E-state index in [2.05, 4.69) is 5.16 Å². The minimum absolute atomic E-state index is 0.0304. The van der Waals surface area contributed by atoms with E-state index in [0.29, 0.717) is 25.3 Å². The van der Waals surface area contributed by atoms with Crippen LogP contribution in [0, 0.1) is 20.8 Å². The molecule has 0 fully saturated rings. The molecule has 0 bridgehead atoms. The maximum atomic E-state index is 12.2. The number of carbonyl (C=O) groups excluding carboxylic acids is 1.